The molecule has 0 aromatic rings. The number of aliphatic hydroxyl groups is 1. The summed E-state index contributed by atoms with van der Waals surface area (Å²) in [6, 6.07) is 0. The third-order valence-corrected chi connectivity index (χ3v) is 4.87. The fraction of sp³-hybridized carbons (Fsp3) is 1.00. The van der Waals surface area contributed by atoms with Crippen LogP contribution in [-0.4, -0.2) is 56.4 Å². The lowest BCUT2D eigenvalue weighted by Crippen LogP contribution is -2.52. The topological polar surface area (TPSA) is 73.9 Å². The Labute approximate surface area is 121 Å². The van der Waals surface area contributed by atoms with Crippen molar-refractivity contribution in [3.63, 3.8) is 0 Å². The summed E-state index contributed by atoms with van der Waals surface area (Å²) in [6.07, 6.45) is 5.20. The molecule has 2 heterocycles. The van der Waals surface area contributed by atoms with Crippen LogP contribution in [0.2, 0.25) is 0 Å². The number of hydrogen-bond donors (Lipinski definition) is 2. The van der Waals surface area contributed by atoms with Gasteiger partial charge in [-0.25, -0.2) is 0 Å². The first-order valence-corrected chi connectivity index (χ1v) is 7.77. The summed E-state index contributed by atoms with van der Waals surface area (Å²) in [5.74, 6) is 0.223. The van der Waals surface area contributed by atoms with Crippen LogP contribution < -0.4 is 5.73 Å². The molecule has 118 valence electrons. The molecular formula is C15H29NO4. The molecule has 20 heavy (non-hydrogen) atoms. The van der Waals surface area contributed by atoms with Gasteiger partial charge in [0.15, 0.2) is 0 Å². The smallest absolute Gasteiger partial charge is 0.0910 e. The molecule has 2 saturated heterocycles. The van der Waals surface area contributed by atoms with Crippen LogP contribution in [0.15, 0.2) is 0 Å². The highest BCUT2D eigenvalue weighted by Crippen LogP contribution is 2.42. The van der Waals surface area contributed by atoms with Crippen molar-refractivity contribution < 1.29 is 19.3 Å². The van der Waals surface area contributed by atoms with E-state index in [2.05, 4.69) is 0 Å². The predicted molar refractivity (Wildman–Crippen MR) is 76.6 cm³/mol. The third kappa shape index (κ3) is 3.71. The fourth-order valence-electron chi connectivity index (χ4n) is 3.63. The highest BCUT2D eigenvalue weighted by Gasteiger charge is 2.46. The van der Waals surface area contributed by atoms with Gasteiger partial charge in [0.2, 0.25) is 0 Å². The Balaban J connectivity index is 2.03. The normalized spacial score (nSPS) is 29.2. The molecule has 5 nitrogen and oxygen atoms in total. The molecule has 1 spiro atoms. The largest absolute Gasteiger partial charge is 0.387 e. The van der Waals surface area contributed by atoms with E-state index in [1.165, 1.54) is 0 Å². The van der Waals surface area contributed by atoms with Crippen LogP contribution in [0.5, 0.6) is 0 Å². The molecule has 2 rings (SSSR count). The number of methoxy groups -OCH3 is 1. The molecule has 2 aliphatic rings. The van der Waals surface area contributed by atoms with E-state index in [4.69, 9.17) is 19.9 Å². The molecular weight excluding hydrogens is 258 g/mol. The second kappa shape index (κ2) is 7.18. The number of rotatable bonds is 6. The summed E-state index contributed by atoms with van der Waals surface area (Å²) in [4.78, 5) is 0. The van der Waals surface area contributed by atoms with Gasteiger partial charge in [0.25, 0.3) is 0 Å². The molecule has 2 unspecified atom stereocenters. The zero-order valence-corrected chi connectivity index (χ0v) is 12.6. The van der Waals surface area contributed by atoms with Crippen LogP contribution in [0, 0.1) is 5.92 Å². The molecule has 3 N–H and O–H groups in total. The Morgan fingerprint density at radius 2 is 2.10 bits per heavy atom. The maximum absolute atomic E-state index is 11.0. The van der Waals surface area contributed by atoms with Crippen LogP contribution in [0.1, 0.15) is 38.5 Å². The van der Waals surface area contributed by atoms with Crippen molar-refractivity contribution >= 4 is 0 Å². The highest BCUT2D eigenvalue weighted by molar-refractivity contribution is 4.96. The molecule has 0 saturated carbocycles. The molecule has 0 aliphatic carbocycles. The summed E-state index contributed by atoms with van der Waals surface area (Å²) in [5, 5.41) is 11.0. The van der Waals surface area contributed by atoms with Crippen LogP contribution in [0.3, 0.4) is 0 Å². The van der Waals surface area contributed by atoms with Gasteiger partial charge in [0, 0.05) is 26.9 Å². The second-order valence-corrected chi connectivity index (χ2v) is 6.26. The van der Waals surface area contributed by atoms with Gasteiger partial charge in [0.1, 0.15) is 0 Å². The molecule has 2 fully saturated rings. The van der Waals surface area contributed by atoms with E-state index in [0.717, 1.165) is 51.9 Å². The first-order chi connectivity index (χ1) is 9.64. The first-order valence-electron chi connectivity index (χ1n) is 7.77. The second-order valence-electron chi connectivity index (χ2n) is 6.26. The molecule has 0 radical (unpaired) electrons. The van der Waals surface area contributed by atoms with Gasteiger partial charge in [-0.2, -0.15) is 0 Å². The quantitative estimate of drug-likeness (QED) is 0.764. The maximum Gasteiger partial charge on any atom is 0.0910 e. The van der Waals surface area contributed by atoms with E-state index in [9.17, 15) is 5.11 Å². The minimum Gasteiger partial charge on any atom is -0.387 e. The highest BCUT2D eigenvalue weighted by atomic mass is 16.5. The Bertz CT molecular complexity index is 288. The average molecular weight is 287 g/mol. The van der Waals surface area contributed by atoms with Crippen LogP contribution in [0.25, 0.3) is 0 Å². The van der Waals surface area contributed by atoms with Gasteiger partial charge < -0.3 is 25.1 Å². The molecule has 2 aliphatic heterocycles. The van der Waals surface area contributed by atoms with E-state index in [-0.39, 0.29) is 11.5 Å². The van der Waals surface area contributed by atoms with Crippen molar-refractivity contribution in [3.05, 3.63) is 0 Å². The van der Waals surface area contributed by atoms with E-state index in [0.29, 0.717) is 19.6 Å². The minimum atomic E-state index is -0.775. The lowest BCUT2D eigenvalue weighted by Gasteiger charge is -2.48. The molecule has 5 heteroatoms. The first kappa shape index (κ1) is 16.2. The van der Waals surface area contributed by atoms with Gasteiger partial charge >= 0.3 is 0 Å². The van der Waals surface area contributed by atoms with Crippen molar-refractivity contribution in [2.75, 3.05) is 40.1 Å². The summed E-state index contributed by atoms with van der Waals surface area (Å²) < 4.78 is 16.8. The zero-order chi connectivity index (χ0) is 14.5. The Morgan fingerprint density at radius 3 is 2.75 bits per heavy atom. The Kier molecular flexibility index (Phi) is 5.81. The van der Waals surface area contributed by atoms with E-state index in [1.54, 1.807) is 7.11 Å². The Morgan fingerprint density at radius 1 is 1.35 bits per heavy atom. The SMILES string of the molecule is COCC(O)(CCCN)C1CCOC2(CCOCC2)C1. The van der Waals surface area contributed by atoms with Crippen molar-refractivity contribution in [2.24, 2.45) is 11.7 Å². The zero-order valence-electron chi connectivity index (χ0n) is 12.6. The van der Waals surface area contributed by atoms with E-state index in [1.807, 2.05) is 0 Å². The fourth-order valence-corrected chi connectivity index (χ4v) is 3.63. The van der Waals surface area contributed by atoms with Gasteiger partial charge in [-0.3, -0.25) is 0 Å². The number of ether oxygens (including phenoxy) is 3. The van der Waals surface area contributed by atoms with Crippen molar-refractivity contribution in [1.29, 1.82) is 0 Å². The molecule has 0 aromatic carbocycles. The van der Waals surface area contributed by atoms with E-state index >= 15 is 0 Å². The van der Waals surface area contributed by atoms with Crippen molar-refractivity contribution in [1.82, 2.24) is 0 Å². The summed E-state index contributed by atoms with van der Waals surface area (Å²) in [7, 11) is 1.65. The standard InChI is InChI=1S/C15H29NO4/c1-18-12-15(17,4-2-7-16)13-3-8-20-14(11-13)5-9-19-10-6-14/h13,17H,2-12,16H2,1H3. The van der Waals surface area contributed by atoms with Crippen LogP contribution >= 0.6 is 0 Å². The number of hydrogen-bond acceptors (Lipinski definition) is 5. The Hall–Kier alpha value is -0.200. The minimum absolute atomic E-state index is 0.0917. The molecule has 0 aromatic heterocycles. The summed E-state index contributed by atoms with van der Waals surface area (Å²) >= 11 is 0. The van der Waals surface area contributed by atoms with Gasteiger partial charge in [0.05, 0.1) is 17.8 Å². The average Bonchev–Trinajstić information content (AvgIpc) is 2.46. The summed E-state index contributed by atoms with van der Waals surface area (Å²) in [6.45, 7) is 3.23. The van der Waals surface area contributed by atoms with Crippen molar-refractivity contribution in [3.8, 4) is 0 Å². The molecule has 0 amide bonds. The van der Waals surface area contributed by atoms with Crippen LogP contribution in [0.4, 0.5) is 0 Å². The van der Waals surface area contributed by atoms with Crippen molar-refractivity contribution in [2.45, 2.75) is 49.7 Å². The summed E-state index contributed by atoms with van der Waals surface area (Å²) in [5.41, 5.74) is 4.74. The van der Waals surface area contributed by atoms with Crippen LogP contribution in [-0.2, 0) is 14.2 Å². The predicted octanol–water partition coefficient (Wildman–Crippen LogP) is 1.08. The van der Waals surface area contributed by atoms with E-state index < -0.39 is 5.60 Å². The monoisotopic (exact) mass is 287 g/mol. The van der Waals surface area contributed by atoms with Gasteiger partial charge in [-0.05, 0) is 51.0 Å². The lowest BCUT2D eigenvalue weighted by atomic mass is 9.72. The lowest BCUT2D eigenvalue weighted by molar-refractivity contribution is -0.185. The van der Waals surface area contributed by atoms with Gasteiger partial charge in [-0.1, -0.05) is 0 Å². The van der Waals surface area contributed by atoms with Gasteiger partial charge in [-0.15, -0.1) is 0 Å². The number of nitrogens with two attached hydrogens (primary N) is 1. The maximum atomic E-state index is 11.0. The molecule has 2 atom stereocenters. The third-order valence-electron chi connectivity index (χ3n) is 4.87. The molecule has 0 bridgehead atoms.